The van der Waals surface area contributed by atoms with Crippen LogP contribution in [0.3, 0.4) is 0 Å². The molecule has 0 unspecified atom stereocenters. The molecule has 118 valence electrons. The number of ether oxygens (including phenoxy) is 1. The number of hydrogen-bond acceptors (Lipinski definition) is 3. The van der Waals surface area contributed by atoms with Gasteiger partial charge in [-0.2, -0.15) is 5.10 Å². The van der Waals surface area contributed by atoms with Gasteiger partial charge < -0.3 is 15.4 Å². The minimum absolute atomic E-state index is 0.605. The van der Waals surface area contributed by atoms with Crippen LogP contribution < -0.4 is 15.4 Å². The van der Waals surface area contributed by atoms with Gasteiger partial charge in [-0.15, -0.1) is 0 Å². The van der Waals surface area contributed by atoms with Crippen molar-refractivity contribution in [3.63, 3.8) is 0 Å². The third-order valence-electron chi connectivity index (χ3n) is 3.09. The third-order valence-corrected chi connectivity index (χ3v) is 3.09. The number of aliphatic imine (C=N–C) groups is 1. The lowest BCUT2D eigenvalue weighted by Gasteiger charge is -2.11. The van der Waals surface area contributed by atoms with Crippen molar-refractivity contribution in [3.8, 4) is 5.75 Å². The molecular formula is C16H23N5O. The number of rotatable bonds is 7. The monoisotopic (exact) mass is 301 g/mol. The second kappa shape index (κ2) is 8.71. The van der Waals surface area contributed by atoms with Gasteiger partial charge in [-0.05, 0) is 30.7 Å². The van der Waals surface area contributed by atoms with Crippen molar-refractivity contribution in [3.05, 3.63) is 48.3 Å². The maximum atomic E-state index is 5.23. The average Bonchev–Trinajstić information content (AvgIpc) is 3.06. The van der Waals surface area contributed by atoms with Crippen molar-refractivity contribution in [2.45, 2.75) is 20.0 Å². The summed E-state index contributed by atoms with van der Waals surface area (Å²) in [4.78, 5) is 4.59. The number of nitrogens with zero attached hydrogens (tertiary/aromatic N) is 3. The number of methoxy groups -OCH3 is 1. The molecule has 0 spiro atoms. The first-order valence-electron chi connectivity index (χ1n) is 7.44. The Morgan fingerprint density at radius 1 is 1.32 bits per heavy atom. The van der Waals surface area contributed by atoms with Crippen molar-refractivity contribution in [2.75, 3.05) is 20.2 Å². The van der Waals surface area contributed by atoms with E-state index in [9.17, 15) is 0 Å². The first-order chi connectivity index (χ1) is 10.8. The minimum atomic E-state index is 0.605. The highest BCUT2D eigenvalue weighted by molar-refractivity contribution is 5.79. The standard InChI is InChI=1S/C16H23N5O/c1-3-17-16(18-9-11-21-10-5-8-20-21)19-13-14-6-4-7-15(12-14)22-2/h4-8,10,12H,3,9,11,13H2,1-2H3,(H2,17,18,19). The maximum absolute atomic E-state index is 5.23. The van der Waals surface area contributed by atoms with Gasteiger partial charge in [-0.1, -0.05) is 12.1 Å². The number of nitrogens with one attached hydrogen (secondary N) is 2. The van der Waals surface area contributed by atoms with E-state index in [-0.39, 0.29) is 0 Å². The molecule has 0 amide bonds. The molecule has 1 aromatic heterocycles. The summed E-state index contributed by atoms with van der Waals surface area (Å²) in [6, 6.07) is 9.86. The molecule has 0 atom stereocenters. The van der Waals surface area contributed by atoms with Gasteiger partial charge in [0, 0.05) is 25.5 Å². The van der Waals surface area contributed by atoms with Gasteiger partial charge in [0.15, 0.2) is 5.96 Å². The van der Waals surface area contributed by atoms with Gasteiger partial charge in [-0.25, -0.2) is 4.99 Å². The second-order valence-electron chi connectivity index (χ2n) is 4.74. The lowest BCUT2D eigenvalue weighted by atomic mass is 10.2. The summed E-state index contributed by atoms with van der Waals surface area (Å²) in [7, 11) is 1.67. The molecular weight excluding hydrogens is 278 g/mol. The minimum Gasteiger partial charge on any atom is -0.497 e. The largest absolute Gasteiger partial charge is 0.497 e. The Labute approximate surface area is 131 Å². The highest BCUT2D eigenvalue weighted by Crippen LogP contribution is 2.12. The van der Waals surface area contributed by atoms with Gasteiger partial charge in [0.05, 0.1) is 20.2 Å². The zero-order chi connectivity index (χ0) is 15.6. The van der Waals surface area contributed by atoms with Crippen LogP contribution in [0.2, 0.25) is 0 Å². The van der Waals surface area contributed by atoms with Crippen molar-refractivity contribution in [2.24, 2.45) is 4.99 Å². The average molecular weight is 301 g/mol. The normalized spacial score (nSPS) is 11.3. The van der Waals surface area contributed by atoms with Crippen molar-refractivity contribution < 1.29 is 4.74 Å². The molecule has 22 heavy (non-hydrogen) atoms. The summed E-state index contributed by atoms with van der Waals surface area (Å²) in [5, 5.41) is 10.7. The van der Waals surface area contributed by atoms with Crippen LogP contribution >= 0.6 is 0 Å². The van der Waals surface area contributed by atoms with Crippen LogP contribution in [0.25, 0.3) is 0 Å². The van der Waals surface area contributed by atoms with Gasteiger partial charge in [-0.3, -0.25) is 4.68 Å². The summed E-state index contributed by atoms with van der Waals surface area (Å²) in [5.74, 6) is 1.65. The zero-order valence-corrected chi connectivity index (χ0v) is 13.1. The molecule has 2 aromatic rings. The predicted octanol–water partition coefficient (Wildman–Crippen LogP) is 1.65. The van der Waals surface area contributed by atoms with Crippen molar-refractivity contribution >= 4 is 5.96 Å². The fraction of sp³-hybridized carbons (Fsp3) is 0.375. The summed E-state index contributed by atoms with van der Waals surface area (Å²) in [6.07, 6.45) is 3.73. The van der Waals surface area contributed by atoms with Crippen LogP contribution in [0.15, 0.2) is 47.7 Å². The Bertz CT molecular complexity index is 580. The van der Waals surface area contributed by atoms with E-state index in [1.807, 2.05) is 41.2 Å². The first kappa shape index (κ1) is 15.9. The molecule has 1 heterocycles. The highest BCUT2D eigenvalue weighted by atomic mass is 16.5. The summed E-state index contributed by atoms with van der Waals surface area (Å²) in [5.41, 5.74) is 1.11. The molecule has 6 nitrogen and oxygen atoms in total. The van der Waals surface area contributed by atoms with E-state index >= 15 is 0 Å². The topological polar surface area (TPSA) is 63.5 Å². The second-order valence-corrected chi connectivity index (χ2v) is 4.74. The lowest BCUT2D eigenvalue weighted by molar-refractivity contribution is 0.414. The van der Waals surface area contributed by atoms with Crippen LogP contribution in [0.1, 0.15) is 12.5 Å². The Balaban J connectivity index is 1.88. The molecule has 0 radical (unpaired) electrons. The van der Waals surface area contributed by atoms with E-state index in [2.05, 4.69) is 27.6 Å². The van der Waals surface area contributed by atoms with E-state index in [1.54, 1.807) is 13.3 Å². The smallest absolute Gasteiger partial charge is 0.191 e. The van der Waals surface area contributed by atoms with Crippen LogP contribution in [-0.4, -0.2) is 35.9 Å². The molecule has 0 saturated carbocycles. The Kier molecular flexibility index (Phi) is 6.29. The van der Waals surface area contributed by atoms with Gasteiger partial charge in [0.1, 0.15) is 5.75 Å². The molecule has 1 aromatic carbocycles. The molecule has 0 aliphatic heterocycles. The molecule has 0 aliphatic carbocycles. The summed E-state index contributed by atoms with van der Waals surface area (Å²) >= 11 is 0. The lowest BCUT2D eigenvalue weighted by Crippen LogP contribution is -2.38. The molecule has 6 heteroatoms. The number of aromatic nitrogens is 2. The molecule has 2 rings (SSSR count). The molecule has 0 fully saturated rings. The van der Waals surface area contributed by atoms with Gasteiger partial charge >= 0.3 is 0 Å². The Morgan fingerprint density at radius 3 is 2.95 bits per heavy atom. The Morgan fingerprint density at radius 2 is 2.23 bits per heavy atom. The summed E-state index contributed by atoms with van der Waals surface area (Å²) in [6.45, 7) is 5.05. The number of guanidine groups is 1. The zero-order valence-electron chi connectivity index (χ0n) is 13.1. The third kappa shape index (κ3) is 5.12. The predicted molar refractivity (Wildman–Crippen MR) is 88.0 cm³/mol. The number of hydrogen-bond donors (Lipinski definition) is 2. The van der Waals surface area contributed by atoms with Crippen molar-refractivity contribution in [1.82, 2.24) is 20.4 Å². The molecule has 0 saturated heterocycles. The van der Waals surface area contributed by atoms with E-state index in [0.29, 0.717) is 6.54 Å². The van der Waals surface area contributed by atoms with E-state index in [1.165, 1.54) is 0 Å². The van der Waals surface area contributed by atoms with Crippen LogP contribution in [0, 0.1) is 0 Å². The quantitative estimate of drug-likeness (QED) is 0.603. The van der Waals surface area contributed by atoms with Crippen LogP contribution in [-0.2, 0) is 13.1 Å². The summed E-state index contributed by atoms with van der Waals surface area (Å²) < 4.78 is 7.11. The van der Waals surface area contributed by atoms with E-state index < -0.39 is 0 Å². The molecule has 0 bridgehead atoms. The van der Waals surface area contributed by atoms with E-state index in [0.717, 1.165) is 36.9 Å². The van der Waals surface area contributed by atoms with E-state index in [4.69, 9.17) is 4.74 Å². The SMILES string of the molecule is CCNC(=NCc1cccc(OC)c1)NCCn1cccn1. The maximum Gasteiger partial charge on any atom is 0.191 e. The van der Waals surface area contributed by atoms with Crippen LogP contribution in [0.4, 0.5) is 0 Å². The van der Waals surface area contributed by atoms with Gasteiger partial charge in [0.2, 0.25) is 0 Å². The highest BCUT2D eigenvalue weighted by Gasteiger charge is 1.99. The first-order valence-corrected chi connectivity index (χ1v) is 7.44. The van der Waals surface area contributed by atoms with Gasteiger partial charge in [0.25, 0.3) is 0 Å². The Hall–Kier alpha value is -2.50. The van der Waals surface area contributed by atoms with Crippen LogP contribution in [0.5, 0.6) is 5.75 Å². The van der Waals surface area contributed by atoms with Crippen molar-refractivity contribution in [1.29, 1.82) is 0 Å². The fourth-order valence-electron chi connectivity index (χ4n) is 2.00. The molecule has 2 N–H and O–H groups in total. The number of benzene rings is 1. The fourth-order valence-corrected chi connectivity index (χ4v) is 2.00. The molecule has 0 aliphatic rings.